The second-order valence-corrected chi connectivity index (χ2v) is 6.16. The number of nitrogens with one attached hydrogen (secondary N) is 2. The molecule has 2 aromatic heterocycles. The van der Waals surface area contributed by atoms with Crippen molar-refractivity contribution < 1.29 is 4.79 Å². The lowest BCUT2D eigenvalue weighted by Gasteiger charge is -2.13. The van der Waals surface area contributed by atoms with Gasteiger partial charge in [0.15, 0.2) is 0 Å². The van der Waals surface area contributed by atoms with Gasteiger partial charge in [0.1, 0.15) is 11.0 Å². The fraction of sp³-hybridized carbons (Fsp3) is 0.286. The lowest BCUT2D eigenvalue weighted by Crippen LogP contribution is -2.26. The molecule has 0 spiro atoms. The standard InChI is InChI=1S/C14H16ClN3OS/c1-8-4-5-11(20-8)9(2)17-14(19)10-6-12(15)18-13(7-10)16-3/h4-7,9H,1-3H3,(H,16,18)(H,17,19). The van der Waals surface area contributed by atoms with E-state index in [-0.39, 0.29) is 11.9 Å². The molecular weight excluding hydrogens is 294 g/mol. The van der Waals surface area contributed by atoms with Gasteiger partial charge in [-0.2, -0.15) is 0 Å². The van der Waals surface area contributed by atoms with Gasteiger partial charge >= 0.3 is 0 Å². The molecule has 0 aliphatic carbocycles. The molecular formula is C14H16ClN3OS. The second-order valence-electron chi connectivity index (χ2n) is 4.46. The molecule has 0 aliphatic heterocycles. The molecule has 1 unspecified atom stereocenters. The molecule has 2 N–H and O–H groups in total. The highest BCUT2D eigenvalue weighted by atomic mass is 35.5. The molecule has 106 valence electrons. The van der Waals surface area contributed by atoms with Crippen molar-refractivity contribution >= 4 is 34.7 Å². The van der Waals surface area contributed by atoms with Gasteiger partial charge in [-0.1, -0.05) is 11.6 Å². The van der Waals surface area contributed by atoms with Crippen LogP contribution in [0.15, 0.2) is 24.3 Å². The number of hydrogen-bond acceptors (Lipinski definition) is 4. The quantitative estimate of drug-likeness (QED) is 0.848. The number of nitrogens with zero attached hydrogens (tertiary/aromatic N) is 1. The van der Waals surface area contributed by atoms with Crippen molar-refractivity contribution in [1.82, 2.24) is 10.3 Å². The van der Waals surface area contributed by atoms with Crippen LogP contribution >= 0.6 is 22.9 Å². The van der Waals surface area contributed by atoms with E-state index >= 15 is 0 Å². The number of thiophene rings is 1. The third kappa shape index (κ3) is 3.49. The number of rotatable bonds is 4. The molecule has 0 aliphatic rings. The zero-order valence-electron chi connectivity index (χ0n) is 11.5. The van der Waals surface area contributed by atoms with Gasteiger partial charge in [-0.05, 0) is 38.1 Å². The van der Waals surface area contributed by atoms with Gasteiger partial charge in [-0.25, -0.2) is 4.98 Å². The van der Waals surface area contributed by atoms with E-state index in [2.05, 4.69) is 15.6 Å². The molecule has 0 bridgehead atoms. The first-order valence-corrected chi connectivity index (χ1v) is 7.41. The Bertz CT molecular complexity index is 627. The Morgan fingerprint density at radius 2 is 2.15 bits per heavy atom. The summed E-state index contributed by atoms with van der Waals surface area (Å²) in [5.41, 5.74) is 0.495. The van der Waals surface area contributed by atoms with Crippen LogP contribution in [-0.4, -0.2) is 17.9 Å². The van der Waals surface area contributed by atoms with E-state index in [1.807, 2.05) is 26.0 Å². The molecule has 0 saturated heterocycles. The van der Waals surface area contributed by atoms with Crippen LogP contribution in [0.4, 0.5) is 5.82 Å². The normalized spacial score (nSPS) is 12.0. The van der Waals surface area contributed by atoms with Crippen molar-refractivity contribution in [3.63, 3.8) is 0 Å². The first-order chi connectivity index (χ1) is 9.49. The Morgan fingerprint density at radius 3 is 2.75 bits per heavy atom. The predicted molar refractivity (Wildman–Crippen MR) is 83.7 cm³/mol. The summed E-state index contributed by atoms with van der Waals surface area (Å²) in [6.07, 6.45) is 0. The lowest BCUT2D eigenvalue weighted by molar-refractivity contribution is 0.0940. The van der Waals surface area contributed by atoms with Crippen LogP contribution in [0.2, 0.25) is 5.15 Å². The molecule has 20 heavy (non-hydrogen) atoms. The molecule has 0 saturated carbocycles. The van der Waals surface area contributed by atoms with Crippen LogP contribution in [0, 0.1) is 6.92 Å². The van der Waals surface area contributed by atoms with E-state index in [1.165, 1.54) is 4.88 Å². The van der Waals surface area contributed by atoms with E-state index in [0.29, 0.717) is 16.5 Å². The summed E-state index contributed by atoms with van der Waals surface area (Å²) in [5, 5.41) is 6.13. The van der Waals surface area contributed by atoms with Gasteiger partial charge in [0, 0.05) is 22.4 Å². The molecule has 0 radical (unpaired) electrons. The number of amides is 1. The maximum absolute atomic E-state index is 12.2. The highest BCUT2D eigenvalue weighted by molar-refractivity contribution is 7.12. The van der Waals surface area contributed by atoms with E-state index in [4.69, 9.17) is 11.6 Å². The fourth-order valence-electron chi connectivity index (χ4n) is 1.79. The summed E-state index contributed by atoms with van der Waals surface area (Å²) >= 11 is 7.58. The third-order valence-corrected chi connectivity index (χ3v) is 4.22. The number of aromatic nitrogens is 1. The average Bonchev–Trinajstić information content (AvgIpc) is 2.84. The topological polar surface area (TPSA) is 54.0 Å². The summed E-state index contributed by atoms with van der Waals surface area (Å²) in [7, 11) is 1.73. The van der Waals surface area contributed by atoms with Crippen LogP contribution < -0.4 is 10.6 Å². The van der Waals surface area contributed by atoms with Crippen molar-refractivity contribution in [2.45, 2.75) is 19.9 Å². The van der Waals surface area contributed by atoms with Crippen molar-refractivity contribution in [3.8, 4) is 0 Å². The van der Waals surface area contributed by atoms with Gasteiger partial charge in [0.05, 0.1) is 6.04 Å². The maximum atomic E-state index is 12.2. The maximum Gasteiger partial charge on any atom is 0.252 e. The van der Waals surface area contributed by atoms with Crippen LogP contribution in [0.25, 0.3) is 0 Å². The third-order valence-electron chi connectivity index (χ3n) is 2.85. The van der Waals surface area contributed by atoms with Gasteiger partial charge in [-0.15, -0.1) is 11.3 Å². The first-order valence-electron chi connectivity index (χ1n) is 6.22. The minimum absolute atomic E-state index is 0.0359. The van der Waals surface area contributed by atoms with E-state index in [9.17, 15) is 4.79 Å². The van der Waals surface area contributed by atoms with Crippen LogP contribution in [0.1, 0.15) is 33.1 Å². The number of carbonyl (C=O) groups is 1. The largest absolute Gasteiger partial charge is 0.373 e. The van der Waals surface area contributed by atoms with Crippen molar-refractivity contribution in [3.05, 3.63) is 44.7 Å². The molecule has 0 aromatic carbocycles. The lowest BCUT2D eigenvalue weighted by atomic mass is 10.2. The SMILES string of the molecule is CNc1cc(C(=O)NC(C)c2ccc(C)s2)cc(Cl)n1. The first kappa shape index (κ1) is 14.8. The summed E-state index contributed by atoms with van der Waals surface area (Å²) in [6, 6.07) is 7.28. The minimum Gasteiger partial charge on any atom is -0.373 e. The smallest absolute Gasteiger partial charge is 0.252 e. The van der Waals surface area contributed by atoms with Crippen LogP contribution in [-0.2, 0) is 0 Å². The Balaban J connectivity index is 2.13. The highest BCUT2D eigenvalue weighted by Gasteiger charge is 2.14. The number of carbonyl (C=O) groups excluding carboxylic acids is 1. The zero-order chi connectivity index (χ0) is 14.7. The Morgan fingerprint density at radius 1 is 1.40 bits per heavy atom. The summed E-state index contributed by atoms with van der Waals surface area (Å²) in [4.78, 5) is 18.6. The number of halogens is 1. The predicted octanol–water partition coefficient (Wildman–Crippen LogP) is 3.64. The Hall–Kier alpha value is -1.59. The van der Waals surface area contributed by atoms with Crippen LogP contribution in [0.5, 0.6) is 0 Å². The second kappa shape index (κ2) is 6.24. The van der Waals surface area contributed by atoms with E-state index in [0.717, 1.165) is 4.88 Å². The monoisotopic (exact) mass is 309 g/mol. The molecule has 2 rings (SSSR count). The van der Waals surface area contributed by atoms with Gasteiger partial charge in [0.25, 0.3) is 5.91 Å². The van der Waals surface area contributed by atoms with Gasteiger partial charge < -0.3 is 10.6 Å². The molecule has 2 heterocycles. The average molecular weight is 310 g/mol. The molecule has 4 nitrogen and oxygen atoms in total. The summed E-state index contributed by atoms with van der Waals surface area (Å²) < 4.78 is 0. The number of anilines is 1. The molecule has 2 aromatic rings. The van der Waals surface area contributed by atoms with E-state index in [1.54, 1.807) is 30.5 Å². The number of pyridine rings is 1. The Labute approximate surface area is 127 Å². The van der Waals surface area contributed by atoms with Crippen LogP contribution in [0.3, 0.4) is 0 Å². The Kier molecular flexibility index (Phi) is 4.62. The van der Waals surface area contributed by atoms with Gasteiger partial charge in [-0.3, -0.25) is 4.79 Å². The minimum atomic E-state index is -0.163. The summed E-state index contributed by atoms with van der Waals surface area (Å²) in [6.45, 7) is 4.01. The summed E-state index contributed by atoms with van der Waals surface area (Å²) in [5.74, 6) is 0.409. The number of aryl methyl sites for hydroxylation is 1. The van der Waals surface area contributed by atoms with E-state index < -0.39 is 0 Å². The molecule has 1 amide bonds. The van der Waals surface area contributed by atoms with Crippen molar-refractivity contribution in [1.29, 1.82) is 0 Å². The van der Waals surface area contributed by atoms with Crippen molar-refractivity contribution in [2.75, 3.05) is 12.4 Å². The fourth-order valence-corrected chi connectivity index (χ4v) is 2.88. The van der Waals surface area contributed by atoms with Crippen molar-refractivity contribution in [2.24, 2.45) is 0 Å². The molecule has 6 heteroatoms. The highest BCUT2D eigenvalue weighted by Crippen LogP contribution is 2.23. The number of hydrogen-bond donors (Lipinski definition) is 2. The van der Waals surface area contributed by atoms with Gasteiger partial charge in [0.2, 0.25) is 0 Å². The zero-order valence-corrected chi connectivity index (χ0v) is 13.1. The molecule has 0 fully saturated rings. The molecule has 1 atom stereocenters.